The molecule has 1 saturated carbocycles. The van der Waals surface area contributed by atoms with Crippen molar-refractivity contribution < 1.29 is 13.2 Å². The number of anilines is 1. The summed E-state index contributed by atoms with van der Waals surface area (Å²) in [5, 5.41) is 4.14. The highest BCUT2D eigenvalue weighted by atomic mass is 32.2. The van der Waals surface area contributed by atoms with Crippen molar-refractivity contribution in [3.05, 3.63) is 29.3 Å². The Kier molecular flexibility index (Phi) is 5.99. The molecular formula is C17H25N3O3S. The smallest absolute Gasteiger partial charge is 0.260 e. The van der Waals surface area contributed by atoms with Crippen LogP contribution < -0.4 is 9.73 Å². The molecule has 1 amide bonds. The Balaban J connectivity index is 2.13. The molecule has 0 radical (unpaired) electrons. The number of hydrogen-bond acceptors (Lipinski definition) is 4. The van der Waals surface area contributed by atoms with Crippen LogP contribution in [0.4, 0.5) is 5.69 Å². The van der Waals surface area contributed by atoms with Crippen LogP contribution in [0, 0.1) is 13.8 Å². The molecule has 0 aromatic heterocycles. The van der Waals surface area contributed by atoms with Gasteiger partial charge in [0.25, 0.3) is 5.91 Å². The van der Waals surface area contributed by atoms with E-state index in [1.54, 1.807) is 12.1 Å². The molecule has 0 bridgehead atoms. The van der Waals surface area contributed by atoms with Gasteiger partial charge in [0.05, 0.1) is 11.9 Å². The van der Waals surface area contributed by atoms with Crippen molar-refractivity contribution in [1.82, 2.24) is 5.43 Å². The molecule has 1 aromatic rings. The number of sulfonamides is 1. The summed E-state index contributed by atoms with van der Waals surface area (Å²) in [5.41, 5.74) is 5.86. The molecule has 0 spiro atoms. The molecule has 1 aliphatic rings. The zero-order chi connectivity index (χ0) is 17.7. The number of carbonyl (C=O) groups excluding carboxylic acids is 1. The second-order valence-corrected chi connectivity index (χ2v) is 8.30. The molecule has 1 N–H and O–H groups in total. The third kappa shape index (κ3) is 5.33. The zero-order valence-electron chi connectivity index (χ0n) is 14.5. The third-order valence-corrected chi connectivity index (χ3v) is 5.09. The fraction of sp³-hybridized carbons (Fsp3) is 0.529. The normalized spacial score (nSPS) is 15.0. The summed E-state index contributed by atoms with van der Waals surface area (Å²) >= 11 is 0. The SMILES string of the molecule is Cc1cc(C)cc(N(CC(=O)NN=C2CCCCC2)S(C)(=O)=O)c1. The maximum atomic E-state index is 12.2. The van der Waals surface area contributed by atoms with Crippen molar-refractivity contribution in [1.29, 1.82) is 0 Å². The fourth-order valence-electron chi connectivity index (χ4n) is 2.87. The molecular weight excluding hydrogens is 326 g/mol. The summed E-state index contributed by atoms with van der Waals surface area (Å²) in [6.07, 6.45) is 6.27. The van der Waals surface area contributed by atoms with Gasteiger partial charge in [0.1, 0.15) is 6.54 Å². The van der Waals surface area contributed by atoms with Gasteiger partial charge in [-0.3, -0.25) is 9.10 Å². The average Bonchev–Trinajstić information content (AvgIpc) is 2.49. The van der Waals surface area contributed by atoms with Crippen LogP contribution in [0.5, 0.6) is 0 Å². The highest BCUT2D eigenvalue weighted by Crippen LogP contribution is 2.21. The van der Waals surface area contributed by atoms with Crippen LogP contribution in [0.25, 0.3) is 0 Å². The van der Waals surface area contributed by atoms with Crippen LogP contribution in [-0.2, 0) is 14.8 Å². The number of aryl methyl sites for hydroxylation is 2. The van der Waals surface area contributed by atoms with Gasteiger partial charge in [-0.1, -0.05) is 12.5 Å². The first kappa shape index (κ1) is 18.4. The maximum absolute atomic E-state index is 12.2. The van der Waals surface area contributed by atoms with E-state index in [9.17, 15) is 13.2 Å². The Bertz CT molecular complexity index is 713. The summed E-state index contributed by atoms with van der Waals surface area (Å²) < 4.78 is 25.3. The number of amides is 1. The second kappa shape index (κ2) is 7.79. The van der Waals surface area contributed by atoms with Crippen molar-refractivity contribution in [2.24, 2.45) is 5.10 Å². The van der Waals surface area contributed by atoms with Crippen molar-refractivity contribution in [3.63, 3.8) is 0 Å². The second-order valence-electron chi connectivity index (χ2n) is 6.39. The lowest BCUT2D eigenvalue weighted by atomic mass is 9.99. The third-order valence-electron chi connectivity index (χ3n) is 3.95. The van der Waals surface area contributed by atoms with Crippen LogP contribution in [0.3, 0.4) is 0 Å². The molecule has 132 valence electrons. The molecule has 1 aromatic carbocycles. The summed E-state index contributed by atoms with van der Waals surface area (Å²) in [7, 11) is -3.57. The van der Waals surface area contributed by atoms with Gasteiger partial charge in [-0.15, -0.1) is 0 Å². The van der Waals surface area contributed by atoms with E-state index in [1.807, 2.05) is 19.9 Å². The molecule has 1 fully saturated rings. The van der Waals surface area contributed by atoms with Crippen LogP contribution in [-0.4, -0.2) is 32.8 Å². The Morgan fingerprint density at radius 2 is 1.71 bits per heavy atom. The van der Waals surface area contributed by atoms with E-state index < -0.39 is 15.9 Å². The highest BCUT2D eigenvalue weighted by Gasteiger charge is 2.21. The molecule has 1 aliphatic carbocycles. The van der Waals surface area contributed by atoms with Gasteiger partial charge in [-0.05, 0) is 62.8 Å². The fourth-order valence-corrected chi connectivity index (χ4v) is 3.71. The van der Waals surface area contributed by atoms with Gasteiger partial charge < -0.3 is 0 Å². The van der Waals surface area contributed by atoms with Gasteiger partial charge in [0.15, 0.2) is 0 Å². The van der Waals surface area contributed by atoms with E-state index in [1.165, 1.54) is 6.42 Å². The first-order valence-electron chi connectivity index (χ1n) is 8.16. The topological polar surface area (TPSA) is 78.8 Å². The predicted molar refractivity (Wildman–Crippen MR) is 96.8 cm³/mol. The van der Waals surface area contributed by atoms with Gasteiger partial charge in [-0.25, -0.2) is 13.8 Å². The molecule has 0 saturated heterocycles. The standard InChI is InChI=1S/C17H25N3O3S/c1-13-9-14(2)11-16(10-13)20(24(3,22)23)12-17(21)19-18-15-7-5-4-6-8-15/h9-11H,4-8,12H2,1-3H3,(H,19,21). The molecule has 0 heterocycles. The maximum Gasteiger partial charge on any atom is 0.260 e. The summed E-state index contributed by atoms with van der Waals surface area (Å²) in [6, 6.07) is 5.47. The van der Waals surface area contributed by atoms with E-state index in [2.05, 4.69) is 10.5 Å². The Labute approximate surface area is 144 Å². The van der Waals surface area contributed by atoms with E-state index in [-0.39, 0.29) is 6.54 Å². The number of nitrogens with zero attached hydrogens (tertiary/aromatic N) is 2. The van der Waals surface area contributed by atoms with E-state index in [0.717, 1.165) is 53.1 Å². The van der Waals surface area contributed by atoms with Crippen LogP contribution in [0.15, 0.2) is 23.3 Å². The lowest BCUT2D eigenvalue weighted by Crippen LogP contribution is -2.39. The number of nitrogens with one attached hydrogen (secondary N) is 1. The summed E-state index contributed by atoms with van der Waals surface area (Å²) in [5.74, 6) is -0.433. The minimum absolute atomic E-state index is 0.279. The molecule has 2 rings (SSSR count). The Morgan fingerprint density at radius 3 is 2.25 bits per heavy atom. The van der Waals surface area contributed by atoms with Crippen molar-refractivity contribution in [2.75, 3.05) is 17.1 Å². The number of hydrogen-bond donors (Lipinski definition) is 1. The van der Waals surface area contributed by atoms with Crippen LogP contribution >= 0.6 is 0 Å². The molecule has 6 nitrogen and oxygen atoms in total. The van der Waals surface area contributed by atoms with Gasteiger partial charge in [-0.2, -0.15) is 5.10 Å². The van der Waals surface area contributed by atoms with Crippen molar-refractivity contribution >= 4 is 27.3 Å². The van der Waals surface area contributed by atoms with E-state index in [0.29, 0.717) is 5.69 Å². The molecule has 0 unspecified atom stereocenters. The molecule has 0 atom stereocenters. The quantitative estimate of drug-likeness (QED) is 0.828. The van der Waals surface area contributed by atoms with Gasteiger partial charge in [0, 0.05) is 5.71 Å². The number of carbonyl (C=O) groups is 1. The number of rotatable bonds is 5. The zero-order valence-corrected chi connectivity index (χ0v) is 15.3. The first-order valence-corrected chi connectivity index (χ1v) is 10.0. The Hall–Kier alpha value is -1.89. The minimum atomic E-state index is -3.57. The predicted octanol–water partition coefficient (Wildman–Crippen LogP) is 2.51. The van der Waals surface area contributed by atoms with Crippen LogP contribution in [0.1, 0.15) is 43.2 Å². The van der Waals surface area contributed by atoms with Gasteiger partial charge >= 0.3 is 0 Å². The number of benzene rings is 1. The van der Waals surface area contributed by atoms with Gasteiger partial charge in [0.2, 0.25) is 10.0 Å². The monoisotopic (exact) mass is 351 g/mol. The van der Waals surface area contributed by atoms with Crippen molar-refractivity contribution in [2.45, 2.75) is 46.0 Å². The number of hydrazone groups is 1. The summed E-state index contributed by atoms with van der Waals surface area (Å²) in [6.45, 7) is 3.51. The van der Waals surface area contributed by atoms with E-state index >= 15 is 0 Å². The highest BCUT2D eigenvalue weighted by molar-refractivity contribution is 7.92. The lowest BCUT2D eigenvalue weighted by molar-refractivity contribution is -0.119. The van der Waals surface area contributed by atoms with Crippen LogP contribution in [0.2, 0.25) is 0 Å². The van der Waals surface area contributed by atoms with Crippen molar-refractivity contribution in [3.8, 4) is 0 Å². The average molecular weight is 351 g/mol. The largest absolute Gasteiger partial charge is 0.271 e. The first-order chi connectivity index (χ1) is 11.3. The Morgan fingerprint density at radius 1 is 1.12 bits per heavy atom. The van der Waals surface area contributed by atoms with E-state index in [4.69, 9.17) is 0 Å². The molecule has 0 aliphatic heterocycles. The lowest BCUT2D eigenvalue weighted by Gasteiger charge is -2.22. The summed E-state index contributed by atoms with van der Waals surface area (Å²) in [4.78, 5) is 12.2. The molecule has 24 heavy (non-hydrogen) atoms. The molecule has 7 heteroatoms. The minimum Gasteiger partial charge on any atom is -0.271 e.